The zero-order valence-corrected chi connectivity index (χ0v) is 12.2. The molecule has 1 atom stereocenters. The highest BCUT2D eigenvalue weighted by atomic mass is 16.5. The fraction of sp³-hybridized carbons (Fsp3) is 0.929. The maximum Gasteiger partial charge on any atom is 0.156 e. The van der Waals surface area contributed by atoms with E-state index >= 15 is 0 Å². The minimum atomic E-state index is -0.0207. The summed E-state index contributed by atoms with van der Waals surface area (Å²) >= 11 is 0. The van der Waals surface area contributed by atoms with Crippen LogP contribution in [0.5, 0.6) is 0 Å². The molecule has 0 bridgehead atoms. The minimum Gasteiger partial charge on any atom is -0.370 e. The summed E-state index contributed by atoms with van der Waals surface area (Å²) < 4.78 is 8.26. The summed E-state index contributed by atoms with van der Waals surface area (Å²) in [6.45, 7) is 7.22. The van der Waals surface area contributed by atoms with Gasteiger partial charge in [-0.15, -0.1) is 5.10 Å². The van der Waals surface area contributed by atoms with E-state index in [1.807, 2.05) is 4.68 Å². The van der Waals surface area contributed by atoms with Crippen LogP contribution in [0.1, 0.15) is 65.1 Å². The van der Waals surface area contributed by atoms with Crippen LogP contribution in [0.15, 0.2) is 0 Å². The number of aromatic nitrogens is 4. The average Bonchev–Trinajstić information content (AvgIpc) is 3.01. The number of ether oxygens (including phenoxy) is 1. The molecule has 1 spiro atoms. The van der Waals surface area contributed by atoms with Gasteiger partial charge in [0.25, 0.3) is 0 Å². The van der Waals surface area contributed by atoms with Crippen molar-refractivity contribution in [1.29, 1.82) is 0 Å². The van der Waals surface area contributed by atoms with Crippen LogP contribution in [0.3, 0.4) is 0 Å². The lowest BCUT2D eigenvalue weighted by atomic mass is 9.95. The summed E-state index contributed by atoms with van der Waals surface area (Å²) in [6.07, 6.45) is 7.77. The van der Waals surface area contributed by atoms with E-state index in [1.54, 1.807) is 0 Å². The van der Waals surface area contributed by atoms with Crippen molar-refractivity contribution in [3.05, 3.63) is 5.82 Å². The molecule has 0 aromatic carbocycles. The first-order valence-electron chi connectivity index (χ1n) is 7.43. The van der Waals surface area contributed by atoms with Gasteiger partial charge in [-0.1, -0.05) is 33.6 Å². The van der Waals surface area contributed by atoms with Gasteiger partial charge in [0.2, 0.25) is 0 Å². The first-order chi connectivity index (χ1) is 8.99. The first-order valence-corrected chi connectivity index (χ1v) is 7.43. The molecule has 1 saturated carbocycles. The zero-order valence-electron chi connectivity index (χ0n) is 12.2. The molecular weight excluding hydrogens is 240 g/mol. The number of hydrogen-bond acceptors (Lipinski definition) is 4. The number of rotatable bonds is 2. The van der Waals surface area contributed by atoms with E-state index in [9.17, 15) is 0 Å². The smallest absolute Gasteiger partial charge is 0.156 e. The standard InChI is InChI=1S/C14H24N4O/c1-13(2,3)12-15-16-17-18(12)10-11-6-9-14(19-11)7-4-5-8-14/h11H,4-10H2,1-3H3/t11-/m0/s1. The highest BCUT2D eigenvalue weighted by molar-refractivity contribution is 5.00. The van der Waals surface area contributed by atoms with Gasteiger partial charge in [-0.25, -0.2) is 4.68 Å². The quantitative estimate of drug-likeness (QED) is 0.823. The fourth-order valence-corrected chi connectivity index (χ4v) is 3.47. The van der Waals surface area contributed by atoms with Gasteiger partial charge in [0.15, 0.2) is 5.82 Å². The molecule has 3 rings (SSSR count). The Labute approximate surface area is 114 Å². The molecule has 106 valence electrons. The Bertz CT molecular complexity index is 443. The van der Waals surface area contributed by atoms with E-state index in [4.69, 9.17) is 4.74 Å². The molecule has 1 aliphatic heterocycles. The molecule has 1 saturated heterocycles. The SMILES string of the molecule is CC(C)(C)c1nnnn1C[C@@H]1CCC2(CCCC2)O1. The van der Waals surface area contributed by atoms with Crippen LogP contribution in [0.2, 0.25) is 0 Å². The summed E-state index contributed by atoms with van der Waals surface area (Å²) in [5, 5.41) is 12.1. The Balaban J connectivity index is 1.68. The van der Waals surface area contributed by atoms with Crippen LogP contribution in [0, 0.1) is 0 Å². The topological polar surface area (TPSA) is 52.8 Å². The highest BCUT2D eigenvalue weighted by Gasteiger charge is 2.42. The normalized spacial score (nSPS) is 26.4. The van der Waals surface area contributed by atoms with Gasteiger partial charge in [0.05, 0.1) is 18.2 Å². The van der Waals surface area contributed by atoms with Crippen LogP contribution >= 0.6 is 0 Å². The molecule has 2 heterocycles. The molecule has 1 aromatic rings. The van der Waals surface area contributed by atoms with E-state index in [0.29, 0.717) is 0 Å². The lowest BCUT2D eigenvalue weighted by molar-refractivity contribution is -0.0435. The Kier molecular flexibility index (Phi) is 3.12. The maximum atomic E-state index is 6.33. The van der Waals surface area contributed by atoms with Crippen molar-refractivity contribution in [2.75, 3.05) is 0 Å². The fourth-order valence-electron chi connectivity index (χ4n) is 3.47. The van der Waals surface area contributed by atoms with Gasteiger partial charge in [-0.3, -0.25) is 0 Å². The number of nitrogens with zero attached hydrogens (tertiary/aromatic N) is 4. The van der Waals surface area contributed by atoms with Gasteiger partial charge in [0, 0.05) is 5.41 Å². The molecular formula is C14H24N4O. The third kappa shape index (κ3) is 2.53. The van der Waals surface area contributed by atoms with E-state index in [-0.39, 0.29) is 17.1 Å². The van der Waals surface area contributed by atoms with Crippen molar-refractivity contribution in [1.82, 2.24) is 20.2 Å². The largest absolute Gasteiger partial charge is 0.370 e. The van der Waals surface area contributed by atoms with Gasteiger partial charge in [0.1, 0.15) is 0 Å². The Morgan fingerprint density at radius 2 is 2.00 bits per heavy atom. The zero-order chi connectivity index (χ0) is 13.5. The summed E-state index contributed by atoms with van der Waals surface area (Å²) in [7, 11) is 0. The van der Waals surface area contributed by atoms with E-state index in [1.165, 1.54) is 32.1 Å². The molecule has 5 heteroatoms. The second kappa shape index (κ2) is 4.54. The minimum absolute atomic E-state index is 0.0207. The molecule has 0 unspecified atom stereocenters. The molecule has 5 nitrogen and oxygen atoms in total. The molecule has 0 radical (unpaired) electrons. The highest BCUT2D eigenvalue weighted by Crippen LogP contribution is 2.43. The third-order valence-corrected chi connectivity index (χ3v) is 4.43. The van der Waals surface area contributed by atoms with Crippen molar-refractivity contribution in [2.45, 2.75) is 83.0 Å². The van der Waals surface area contributed by atoms with E-state index < -0.39 is 0 Å². The van der Waals surface area contributed by atoms with Crippen molar-refractivity contribution in [3.8, 4) is 0 Å². The van der Waals surface area contributed by atoms with Crippen LogP contribution in [-0.2, 0) is 16.7 Å². The van der Waals surface area contributed by atoms with Crippen LogP contribution in [0.4, 0.5) is 0 Å². The van der Waals surface area contributed by atoms with Crippen molar-refractivity contribution >= 4 is 0 Å². The molecule has 2 fully saturated rings. The molecule has 0 N–H and O–H groups in total. The summed E-state index contributed by atoms with van der Waals surface area (Å²) in [4.78, 5) is 0. The molecule has 1 aliphatic carbocycles. The summed E-state index contributed by atoms with van der Waals surface area (Å²) in [5.74, 6) is 0.948. The summed E-state index contributed by atoms with van der Waals surface area (Å²) in [5.41, 5.74) is 0.174. The molecule has 1 aromatic heterocycles. The monoisotopic (exact) mass is 264 g/mol. The van der Waals surface area contributed by atoms with Gasteiger partial charge < -0.3 is 4.74 Å². The molecule has 2 aliphatic rings. The Morgan fingerprint density at radius 1 is 1.26 bits per heavy atom. The van der Waals surface area contributed by atoms with E-state index in [2.05, 4.69) is 36.3 Å². The second-order valence-corrected chi connectivity index (χ2v) is 7.10. The average molecular weight is 264 g/mol. The maximum absolute atomic E-state index is 6.33. The Morgan fingerprint density at radius 3 is 2.68 bits per heavy atom. The Hall–Kier alpha value is -0.970. The predicted octanol–water partition coefficient (Wildman–Crippen LogP) is 2.46. The number of hydrogen-bond donors (Lipinski definition) is 0. The lowest BCUT2D eigenvalue weighted by Gasteiger charge is -2.24. The van der Waals surface area contributed by atoms with Gasteiger partial charge in [-0.2, -0.15) is 0 Å². The first kappa shape index (κ1) is 13.0. The van der Waals surface area contributed by atoms with Crippen LogP contribution in [0.25, 0.3) is 0 Å². The predicted molar refractivity (Wildman–Crippen MR) is 71.8 cm³/mol. The van der Waals surface area contributed by atoms with Crippen molar-refractivity contribution < 1.29 is 4.74 Å². The van der Waals surface area contributed by atoms with Gasteiger partial charge >= 0.3 is 0 Å². The number of tetrazole rings is 1. The van der Waals surface area contributed by atoms with Crippen molar-refractivity contribution in [3.63, 3.8) is 0 Å². The lowest BCUT2D eigenvalue weighted by Crippen LogP contribution is -2.28. The van der Waals surface area contributed by atoms with E-state index in [0.717, 1.165) is 18.8 Å². The second-order valence-electron chi connectivity index (χ2n) is 7.10. The third-order valence-electron chi connectivity index (χ3n) is 4.43. The van der Waals surface area contributed by atoms with Crippen LogP contribution < -0.4 is 0 Å². The van der Waals surface area contributed by atoms with Gasteiger partial charge in [-0.05, 0) is 36.1 Å². The molecule has 19 heavy (non-hydrogen) atoms. The summed E-state index contributed by atoms with van der Waals surface area (Å²) in [6, 6.07) is 0. The van der Waals surface area contributed by atoms with Crippen molar-refractivity contribution in [2.24, 2.45) is 0 Å². The van der Waals surface area contributed by atoms with Crippen LogP contribution in [-0.4, -0.2) is 31.9 Å². The molecule has 0 amide bonds.